The minimum Gasteiger partial charge on any atom is -0.372 e. The zero-order chi connectivity index (χ0) is 15.4. The maximum absolute atomic E-state index is 5.19. The van der Waals surface area contributed by atoms with Crippen molar-refractivity contribution in [2.75, 3.05) is 18.0 Å². The molecule has 1 aromatic carbocycles. The molecule has 1 aliphatic heterocycles. The third-order valence-corrected chi connectivity index (χ3v) is 4.23. The van der Waals surface area contributed by atoms with Crippen LogP contribution in [-0.2, 0) is 6.42 Å². The Morgan fingerprint density at radius 1 is 1.23 bits per heavy atom. The predicted molar refractivity (Wildman–Crippen MR) is 92.3 cm³/mol. The van der Waals surface area contributed by atoms with Gasteiger partial charge in [-0.2, -0.15) is 14.9 Å². The minimum atomic E-state index is 0.526. The van der Waals surface area contributed by atoms with Gasteiger partial charge >= 0.3 is 0 Å². The molecular weight excluding hydrogens is 294 g/mol. The van der Waals surface area contributed by atoms with Gasteiger partial charge in [0.1, 0.15) is 0 Å². The Morgan fingerprint density at radius 3 is 2.64 bits per heavy atom. The summed E-state index contributed by atoms with van der Waals surface area (Å²) in [6.45, 7) is 4.36. The second kappa shape index (κ2) is 6.87. The highest BCUT2D eigenvalue weighted by Gasteiger charge is 2.10. The Labute approximate surface area is 135 Å². The Morgan fingerprint density at radius 2 is 1.95 bits per heavy atom. The highest BCUT2D eigenvalue weighted by Crippen LogP contribution is 2.19. The van der Waals surface area contributed by atoms with Crippen LogP contribution in [0, 0.1) is 4.77 Å². The van der Waals surface area contributed by atoms with E-state index in [0.717, 1.165) is 30.9 Å². The summed E-state index contributed by atoms with van der Waals surface area (Å²) in [5, 5.41) is 11.3. The van der Waals surface area contributed by atoms with Gasteiger partial charge in [-0.1, -0.05) is 19.1 Å². The predicted octanol–water partition coefficient (Wildman–Crippen LogP) is 3.38. The monoisotopic (exact) mass is 315 g/mol. The second-order valence-corrected chi connectivity index (χ2v) is 5.88. The minimum absolute atomic E-state index is 0.526. The normalized spacial score (nSPS) is 15.6. The summed E-state index contributed by atoms with van der Waals surface area (Å²) in [6.07, 6.45) is 6.55. The first-order valence-corrected chi connectivity index (χ1v) is 8.24. The Kier molecular flexibility index (Phi) is 4.68. The quantitative estimate of drug-likeness (QED) is 0.695. The number of benzene rings is 1. The van der Waals surface area contributed by atoms with Crippen LogP contribution in [0.3, 0.4) is 0 Å². The number of aromatic amines is 1. The summed E-state index contributed by atoms with van der Waals surface area (Å²) < 4.78 is 2.20. The number of rotatable bonds is 4. The van der Waals surface area contributed by atoms with E-state index in [4.69, 9.17) is 12.2 Å². The highest BCUT2D eigenvalue weighted by atomic mass is 32.1. The number of aromatic nitrogens is 3. The molecule has 1 aliphatic rings. The Hall–Kier alpha value is -1.95. The van der Waals surface area contributed by atoms with Gasteiger partial charge in [0.2, 0.25) is 4.77 Å². The molecule has 3 rings (SSSR count). The number of nitrogens with zero attached hydrogens (tertiary/aromatic N) is 4. The lowest BCUT2D eigenvalue weighted by Gasteiger charge is -2.28. The van der Waals surface area contributed by atoms with Crippen LogP contribution in [0.25, 0.3) is 0 Å². The molecule has 0 bridgehead atoms. The third kappa shape index (κ3) is 3.27. The lowest BCUT2D eigenvalue weighted by molar-refractivity contribution is 0.578. The second-order valence-electron chi connectivity index (χ2n) is 5.49. The van der Waals surface area contributed by atoms with Gasteiger partial charge < -0.3 is 4.90 Å². The zero-order valence-corrected chi connectivity index (χ0v) is 13.6. The molecule has 0 atom stereocenters. The zero-order valence-electron chi connectivity index (χ0n) is 12.8. The van der Waals surface area contributed by atoms with Crippen molar-refractivity contribution in [3.63, 3.8) is 0 Å². The molecule has 5 nitrogen and oxygen atoms in total. The molecule has 0 aliphatic carbocycles. The maximum atomic E-state index is 5.19. The molecule has 1 fully saturated rings. The number of hydrogen-bond donors (Lipinski definition) is 1. The Balaban J connectivity index is 1.74. The van der Waals surface area contributed by atoms with E-state index in [2.05, 4.69) is 44.5 Å². The average Bonchev–Trinajstić information content (AvgIpc) is 2.94. The molecule has 1 N–H and O–H groups in total. The fourth-order valence-corrected chi connectivity index (χ4v) is 2.92. The van der Waals surface area contributed by atoms with Crippen molar-refractivity contribution >= 4 is 24.1 Å². The largest absolute Gasteiger partial charge is 0.372 e. The van der Waals surface area contributed by atoms with Gasteiger partial charge in [0.05, 0.1) is 6.21 Å². The van der Waals surface area contributed by atoms with Gasteiger partial charge in [-0.3, -0.25) is 5.10 Å². The van der Waals surface area contributed by atoms with E-state index in [1.807, 2.05) is 13.1 Å². The fourth-order valence-electron chi connectivity index (χ4n) is 2.72. The van der Waals surface area contributed by atoms with E-state index in [0.29, 0.717) is 4.77 Å². The van der Waals surface area contributed by atoms with Crippen molar-refractivity contribution in [2.24, 2.45) is 5.10 Å². The van der Waals surface area contributed by atoms with Crippen LogP contribution in [0.5, 0.6) is 0 Å². The van der Waals surface area contributed by atoms with Crippen molar-refractivity contribution in [1.82, 2.24) is 14.9 Å². The van der Waals surface area contributed by atoms with E-state index < -0.39 is 0 Å². The van der Waals surface area contributed by atoms with Crippen molar-refractivity contribution < 1.29 is 0 Å². The van der Waals surface area contributed by atoms with E-state index in [-0.39, 0.29) is 0 Å². The maximum Gasteiger partial charge on any atom is 0.216 e. The van der Waals surface area contributed by atoms with Crippen molar-refractivity contribution in [3.05, 3.63) is 40.4 Å². The number of aryl methyl sites for hydroxylation is 1. The first kappa shape index (κ1) is 15.0. The molecule has 0 unspecified atom stereocenters. The third-order valence-electron chi connectivity index (χ3n) is 3.97. The van der Waals surface area contributed by atoms with E-state index in [9.17, 15) is 0 Å². The fraction of sp³-hybridized carbons (Fsp3) is 0.438. The summed E-state index contributed by atoms with van der Waals surface area (Å²) in [7, 11) is 0. The van der Waals surface area contributed by atoms with Crippen molar-refractivity contribution in [1.29, 1.82) is 0 Å². The molecule has 22 heavy (non-hydrogen) atoms. The van der Waals surface area contributed by atoms with Gasteiger partial charge in [-0.15, -0.1) is 0 Å². The number of H-pyrrole nitrogens is 1. The van der Waals surface area contributed by atoms with Gasteiger partial charge in [-0.05, 0) is 49.2 Å². The standard InChI is InChI=1S/C16H21N5S/c1-2-15-18-19-16(22)21(15)17-12-13-6-8-14(9-7-13)20-10-4-3-5-11-20/h6-9,12H,2-5,10-11H2,1H3,(H,19,22)/b17-12-. The van der Waals surface area contributed by atoms with Crippen LogP contribution in [-0.4, -0.2) is 34.2 Å². The summed E-state index contributed by atoms with van der Waals surface area (Å²) in [5.74, 6) is 0.839. The topological polar surface area (TPSA) is 49.2 Å². The molecule has 116 valence electrons. The lowest BCUT2D eigenvalue weighted by Crippen LogP contribution is -2.29. The average molecular weight is 315 g/mol. The first-order chi connectivity index (χ1) is 10.8. The van der Waals surface area contributed by atoms with Gasteiger partial charge in [-0.25, -0.2) is 0 Å². The first-order valence-electron chi connectivity index (χ1n) is 7.83. The van der Waals surface area contributed by atoms with Crippen LogP contribution in [0.1, 0.15) is 37.6 Å². The molecule has 0 radical (unpaired) electrons. The van der Waals surface area contributed by atoms with E-state index in [1.54, 1.807) is 4.68 Å². The van der Waals surface area contributed by atoms with Gasteiger partial charge in [0, 0.05) is 25.2 Å². The molecule has 0 amide bonds. The van der Waals surface area contributed by atoms with Crippen molar-refractivity contribution in [2.45, 2.75) is 32.6 Å². The van der Waals surface area contributed by atoms with Crippen LogP contribution >= 0.6 is 12.2 Å². The van der Waals surface area contributed by atoms with Crippen LogP contribution in [0.4, 0.5) is 5.69 Å². The number of piperidine rings is 1. The van der Waals surface area contributed by atoms with Crippen LogP contribution in [0.15, 0.2) is 29.4 Å². The molecule has 2 aromatic rings. The van der Waals surface area contributed by atoms with Gasteiger partial charge in [0.15, 0.2) is 5.82 Å². The summed E-state index contributed by atoms with van der Waals surface area (Å²) in [6, 6.07) is 8.54. The van der Waals surface area contributed by atoms with E-state index >= 15 is 0 Å². The summed E-state index contributed by atoms with van der Waals surface area (Å²) in [4.78, 5) is 2.45. The molecule has 1 aromatic heterocycles. The number of nitrogens with one attached hydrogen (secondary N) is 1. The van der Waals surface area contributed by atoms with E-state index in [1.165, 1.54) is 24.9 Å². The smallest absolute Gasteiger partial charge is 0.216 e. The molecule has 0 spiro atoms. The van der Waals surface area contributed by atoms with Gasteiger partial charge in [0.25, 0.3) is 0 Å². The molecule has 0 saturated carbocycles. The van der Waals surface area contributed by atoms with Crippen LogP contribution < -0.4 is 4.90 Å². The number of anilines is 1. The van der Waals surface area contributed by atoms with Crippen molar-refractivity contribution in [3.8, 4) is 0 Å². The SMILES string of the molecule is CCc1n[nH]c(=S)n1/N=C\c1ccc(N2CCCCC2)cc1. The number of hydrogen-bond acceptors (Lipinski definition) is 4. The summed E-state index contributed by atoms with van der Waals surface area (Å²) in [5.41, 5.74) is 2.36. The molecule has 1 saturated heterocycles. The lowest BCUT2D eigenvalue weighted by atomic mass is 10.1. The molecule has 2 heterocycles. The molecular formula is C16H21N5S. The van der Waals surface area contributed by atoms with Crippen LogP contribution in [0.2, 0.25) is 0 Å². The summed E-state index contributed by atoms with van der Waals surface area (Å²) >= 11 is 5.19. The highest BCUT2D eigenvalue weighted by molar-refractivity contribution is 7.71. The molecule has 6 heteroatoms. The Bertz CT molecular complexity index is 692.